The minimum atomic E-state index is -0.213. The van der Waals surface area contributed by atoms with E-state index in [-0.39, 0.29) is 5.91 Å². The highest BCUT2D eigenvalue weighted by Crippen LogP contribution is 2.11. The number of benzene rings is 1. The van der Waals surface area contributed by atoms with Crippen LogP contribution in [0.25, 0.3) is 0 Å². The van der Waals surface area contributed by atoms with E-state index in [0.717, 1.165) is 11.3 Å². The Bertz CT molecular complexity index is 728. The number of hydrogen-bond acceptors (Lipinski definition) is 3. The molecule has 1 aromatic carbocycles. The predicted octanol–water partition coefficient (Wildman–Crippen LogP) is 1.92. The van der Waals surface area contributed by atoms with Crippen molar-refractivity contribution in [2.24, 2.45) is 7.05 Å². The second kappa shape index (κ2) is 5.62. The molecular formula is C15H15N5O. The molecule has 0 unspecified atom stereocenters. The molecule has 0 saturated carbocycles. The van der Waals surface area contributed by atoms with Crippen LogP contribution in [0.5, 0.6) is 0 Å². The molecule has 0 aliphatic heterocycles. The van der Waals surface area contributed by atoms with Crippen LogP contribution in [-0.2, 0) is 13.6 Å². The van der Waals surface area contributed by atoms with Gasteiger partial charge in [0.1, 0.15) is 0 Å². The normalized spacial score (nSPS) is 10.5. The first-order chi connectivity index (χ1) is 10.2. The number of hydrogen-bond donors (Lipinski definition) is 1. The maximum absolute atomic E-state index is 12.0. The molecule has 6 nitrogen and oxygen atoms in total. The Labute approximate surface area is 122 Å². The lowest BCUT2D eigenvalue weighted by molar-refractivity contribution is 0.102. The standard InChI is InChI=1S/C15H15N5O/c1-19-10-7-14(18-19)15(21)17-13-5-3-12(4-6-13)11-20-9-2-8-16-20/h2-10H,11H2,1H3,(H,17,21). The zero-order valence-electron chi connectivity index (χ0n) is 11.6. The van der Waals surface area contributed by atoms with E-state index in [2.05, 4.69) is 15.5 Å². The summed E-state index contributed by atoms with van der Waals surface area (Å²) in [5, 5.41) is 11.0. The predicted molar refractivity (Wildman–Crippen MR) is 78.9 cm³/mol. The van der Waals surface area contributed by atoms with Gasteiger partial charge >= 0.3 is 0 Å². The van der Waals surface area contributed by atoms with Crippen LogP contribution in [0.3, 0.4) is 0 Å². The number of rotatable bonds is 4. The van der Waals surface area contributed by atoms with E-state index >= 15 is 0 Å². The molecule has 0 spiro atoms. The maximum atomic E-state index is 12.0. The number of aromatic nitrogens is 4. The van der Waals surface area contributed by atoms with Gasteiger partial charge in [-0.25, -0.2) is 0 Å². The van der Waals surface area contributed by atoms with Crippen LogP contribution in [0.15, 0.2) is 55.0 Å². The Morgan fingerprint density at radius 2 is 2.00 bits per heavy atom. The molecule has 106 valence electrons. The van der Waals surface area contributed by atoms with E-state index in [1.807, 2.05) is 41.2 Å². The van der Waals surface area contributed by atoms with Gasteiger partial charge in [-0.3, -0.25) is 14.2 Å². The van der Waals surface area contributed by atoms with Gasteiger partial charge in [0.05, 0.1) is 6.54 Å². The first-order valence-electron chi connectivity index (χ1n) is 6.58. The Balaban J connectivity index is 1.65. The number of amides is 1. The van der Waals surface area contributed by atoms with E-state index in [1.54, 1.807) is 30.2 Å². The van der Waals surface area contributed by atoms with Crippen molar-refractivity contribution in [3.05, 3.63) is 66.2 Å². The van der Waals surface area contributed by atoms with Gasteiger partial charge in [0.2, 0.25) is 0 Å². The molecule has 0 aliphatic rings. The zero-order valence-corrected chi connectivity index (χ0v) is 11.6. The summed E-state index contributed by atoms with van der Waals surface area (Å²) in [6.45, 7) is 0.710. The Morgan fingerprint density at radius 1 is 1.19 bits per heavy atom. The largest absolute Gasteiger partial charge is 0.321 e. The van der Waals surface area contributed by atoms with Crippen LogP contribution in [0, 0.1) is 0 Å². The molecule has 3 aromatic rings. The van der Waals surface area contributed by atoms with E-state index in [1.165, 1.54) is 0 Å². The SMILES string of the molecule is Cn1ccc(C(=O)Nc2ccc(Cn3cccn3)cc2)n1. The second-order valence-electron chi connectivity index (χ2n) is 4.73. The average Bonchev–Trinajstić information content (AvgIpc) is 3.12. The molecule has 0 radical (unpaired) electrons. The van der Waals surface area contributed by atoms with Crippen LogP contribution in [0.1, 0.15) is 16.1 Å². The molecule has 3 rings (SSSR count). The molecule has 2 aromatic heterocycles. The van der Waals surface area contributed by atoms with E-state index in [9.17, 15) is 4.79 Å². The lowest BCUT2D eigenvalue weighted by atomic mass is 10.2. The van der Waals surface area contributed by atoms with Crippen molar-refractivity contribution in [2.75, 3.05) is 5.32 Å². The molecule has 21 heavy (non-hydrogen) atoms. The third-order valence-corrected chi connectivity index (χ3v) is 3.06. The molecule has 0 aliphatic carbocycles. The highest BCUT2D eigenvalue weighted by molar-refractivity contribution is 6.02. The topological polar surface area (TPSA) is 64.7 Å². The number of carbonyl (C=O) groups is 1. The maximum Gasteiger partial charge on any atom is 0.276 e. The fourth-order valence-electron chi connectivity index (χ4n) is 2.01. The van der Waals surface area contributed by atoms with Gasteiger partial charge in [-0.15, -0.1) is 0 Å². The van der Waals surface area contributed by atoms with Crippen molar-refractivity contribution in [1.82, 2.24) is 19.6 Å². The van der Waals surface area contributed by atoms with Crippen molar-refractivity contribution in [3.63, 3.8) is 0 Å². The molecule has 0 atom stereocenters. The van der Waals surface area contributed by atoms with E-state index in [4.69, 9.17) is 0 Å². The number of nitrogens with one attached hydrogen (secondary N) is 1. The molecule has 1 amide bonds. The summed E-state index contributed by atoms with van der Waals surface area (Å²) < 4.78 is 3.45. The van der Waals surface area contributed by atoms with Crippen LogP contribution in [0.4, 0.5) is 5.69 Å². The number of carbonyl (C=O) groups excluding carboxylic acids is 1. The number of nitrogens with zero attached hydrogens (tertiary/aromatic N) is 4. The van der Waals surface area contributed by atoms with Crippen LogP contribution in [0.2, 0.25) is 0 Å². The van der Waals surface area contributed by atoms with Crippen molar-refractivity contribution < 1.29 is 4.79 Å². The van der Waals surface area contributed by atoms with Crippen molar-refractivity contribution in [2.45, 2.75) is 6.54 Å². The zero-order chi connectivity index (χ0) is 14.7. The van der Waals surface area contributed by atoms with E-state index in [0.29, 0.717) is 12.2 Å². The van der Waals surface area contributed by atoms with Gasteiger partial charge in [0, 0.05) is 31.3 Å². The highest BCUT2D eigenvalue weighted by Gasteiger charge is 2.08. The number of anilines is 1. The summed E-state index contributed by atoms with van der Waals surface area (Å²) in [5.74, 6) is -0.213. The van der Waals surface area contributed by atoms with Gasteiger partial charge < -0.3 is 5.32 Å². The van der Waals surface area contributed by atoms with Gasteiger partial charge in [-0.2, -0.15) is 10.2 Å². The lowest BCUT2D eigenvalue weighted by Crippen LogP contribution is -2.13. The first kappa shape index (κ1) is 13.1. The molecular weight excluding hydrogens is 266 g/mol. The molecule has 6 heteroatoms. The van der Waals surface area contributed by atoms with Crippen molar-refractivity contribution in [1.29, 1.82) is 0 Å². The summed E-state index contributed by atoms with van der Waals surface area (Å²) in [6, 6.07) is 11.3. The van der Waals surface area contributed by atoms with Gasteiger partial charge in [0.15, 0.2) is 5.69 Å². The summed E-state index contributed by atoms with van der Waals surface area (Å²) in [6.07, 6.45) is 5.40. The minimum Gasteiger partial charge on any atom is -0.321 e. The van der Waals surface area contributed by atoms with Crippen LogP contribution < -0.4 is 5.32 Å². The number of aryl methyl sites for hydroxylation is 1. The summed E-state index contributed by atoms with van der Waals surface area (Å²) >= 11 is 0. The molecule has 2 heterocycles. The second-order valence-corrected chi connectivity index (χ2v) is 4.73. The first-order valence-corrected chi connectivity index (χ1v) is 6.58. The summed E-state index contributed by atoms with van der Waals surface area (Å²) in [4.78, 5) is 12.0. The van der Waals surface area contributed by atoms with Gasteiger partial charge in [-0.05, 0) is 29.8 Å². The average molecular weight is 281 g/mol. The fourth-order valence-corrected chi connectivity index (χ4v) is 2.01. The quantitative estimate of drug-likeness (QED) is 0.794. The monoisotopic (exact) mass is 281 g/mol. The van der Waals surface area contributed by atoms with Crippen molar-refractivity contribution in [3.8, 4) is 0 Å². The molecule has 0 bridgehead atoms. The Morgan fingerprint density at radius 3 is 2.62 bits per heavy atom. The highest BCUT2D eigenvalue weighted by atomic mass is 16.1. The van der Waals surface area contributed by atoms with E-state index < -0.39 is 0 Å². The van der Waals surface area contributed by atoms with Gasteiger partial charge in [0.25, 0.3) is 5.91 Å². The fraction of sp³-hybridized carbons (Fsp3) is 0.133. The van der Waals surface area contributed by atoms with Gasteiger partial charge in [-0.1, -0.05) is 12.1 Å². The third-order valence-electron chi connectivity index (χ3n) is 3.06. The third kappa shape index (κ3) is 3.17. The van der Waals surface area contributed by atoms with Crippen molar-refractivity contribution >= 4 is 11.6 Å². The minimum absolute atomic E-state index is 0.213. The molecule has 0 saturated heterocycles. The Hall–Kier alpha value is -2.89. The summed E-state index contributed by atoms with van der Waals surface area (Å²) in [5.41, 5.74) is 2.27. The Kier molecular flexibility index (Phi) is 3.51. The smallest absolute Gasteiger partial charge is 0.276 e. The van der Waals surface area contributed by atoms with Crippen LogP contribution in [-0.4, -0.2) is 25.5 Å². The lowest BCUT2D eigenvalue weighted by Gasteiger charge is -2.05. The summed E-state index contributed by atoms with van der Waals surface area (Å²) in [7, 11) is 1.78. The molecule has 0 fully saturated rings. The van der Waals surface area contributed by atoms with Crippen LogP contribution >= 0.6 is 0 Å². The molecule has 1 N–H and O–H groups in total.